The van der Waals surface area contributed by atoms with Crippen molar-refractivity contribution in [2.75, 3.05) is 4.72 Å². The summed E-state index contributed by atoms with van der Waals surface area (Å²) in [6.07, 6.45) is 0. The third-order valence-corrected chi connectivity index (χ3v) is 5.55. The third-order valence-electron chi connectivity index (χ3n) is 2.70. The Hall–Kier alpha value is -1.58. The van der Waals surface area contributed by atoms with Gasteiger partial charge in [-0.1, -0.05) is 0 Å². The molecule has 0 bridgehead atoms. The van der Waals surface area contributed by atoms with Gasteiger partial charge in [0.15, 0.2) is 11.6 Å². The van der Waals surface area contributed by atoms with Crippen LogP contribution in [0, 0.1) is 24.4 Å². The number of sulfonamides is 1. The van der Waals surface area contributed by atoms with E-state index in [0.717, 1.165) is 11.3 Å². The van der Waals surface area contributed by atoms with Crippen molar-refractivity contribution in [2.45, 2.75) is 18.4 Å². The molecule has 2 aromatic rings. The number of thiophene rings is 1. The van der Waals surface area contributed by atoms with Crippen molar-refractivity contribution in [3.8, 4) is 0 Å². The van der Waals surface area contributed by atoms with Crippen LogP contribution in [0.2, 0.25) is 0 Å². The lowest BCUT2D eigenvalue weighted by Crippen LogP contribution is -2.17. The van der Waals surface area contributed by atoms with Gasteiger partial charge in [0.25, 0.3) is 10.0 Å². The quantitative estimate of drug-likeness (QED) is 0.843. The van der Waals surface area contributed by atoms with Gasteiger partial charge in [0.05, 0.1) is 5.69 Å². The highest BCUT2D eigenvalue weighted by molar-refractivity contribution is 7.93. The molecule has 9 heteroatoms. The van der Waals surface area contributed by atoms with E-state index >= 15 is 0 Å². The molecule has 21 heavy (non-hydrogen) atoms. The summed E-state index contributed by atoms with van der Waals surface area (Å²) in [6.45, 7) is 1.56. The van der Waals surface area contributed by atoms with E-state index in [0.29, 0.717) is 16.5 Å². The molecule has 0 spiro atoms. The maximum Gasteiger partial charge on any atom is 0.263 e. The molecule has 0 fully saturated rings. The minimum absolute atomic E-state index is 0.00495. The lowest BCUT2D eigenvalue weighted by Gasteiger charge is -2.10. The molecule has 1 heterocycles. The van der Waals surface area contributed by atoms with Crippen LogP contribution in [0.5, 0.6) is 0 Å². The average molecular weight is 336 g/mol. The van der Waals surface area contributed by atoms with E-state index in [1.807, 2.05) is 4.72 Å². The van der Waals surface area contributed by atoms with Crippen molar-refractivity contribution in [1.82, 2.24) is 0 Å². The minimum Gasteiger partial charge on any atom is -0.326 e. The topological polar surface area (TPSA) is 72.2 Å². The van der Waals surface area contributed by atoms with Crippen LogP contribution in [0.25, 0.3) is 0 Å². The molecule has 0 radical (unpaired) electrons. The van der Waals surface area contributed by atoms with Gasteiger partial charge in [-0.25, -0.2) is 21.6 Å². The summed E-state index contributed by atoms with van der Waals surface area (Å²) in [5, 5.41) is 1.60. The number of rotatable bonds is 4. The molecular formula is C12H11F3N2O2S2. The predicted molar refractivity (Wildman–Crippen MR) is 74.1 cm³/mol. The van der Waals surface area contributed by atoms with Crippen LogP contribution in [0.15, 0.2) is 22.4 Å². The van der Waals surface area contributed by atoms with E-state index in [2.05, 4.69) is 0 Å². The molecule has 1 aromatic carbocycles. The van der Waals surface area contributed by atoms with Gasteiger partial charge in [0.2, 0.25) is 0 Å². The molecule has 0 aliphatic heterocycles. The number of anilines is 1. The first kappa shape index (κ1) is 15.8. The van der Waals surface area contributed by atoms with E-state index in [1.165, 1.54) is 0 Å². The van der Waals surface area contributed by atoms with Crippen molar-refractivity contribution in [3.63, 3.8) is 0 Å². The second-order valence-electron chi connectivity index (χ2n) is 4.23. The van der Waals surface area contributed by atoms with Crippen LogP contribution in [0.3, 0.4) is 0 Å². The summed E-state index contributed by atoms with van der Waals surface area (Å²) in [6, 6.07) is 0.726. The molecular weight excluding hydrogens is 325 g/mol. The number of halogens is 3. The molecule has 2 rings (SSSR count). The van der Waals surface area contributed by atoms with Crippen molar-refractivity contribution in [2.24, 2.45) is 5.73 Å². The summed E-state index contributed by atoms with van der Waals surface area (Å²) >= 11 is 1.15. The smallest absolute Gasteiger partial charge is 0.263 e. The Kier molecular flexibility index (Phi) is 4.26. The van der Waals surface area contributed by atoms with E-state index in [-0.39, 0.29) is 17.5 Å². The molecule has 0 aliphatic carbocycles. The first-order valence-electron chi connectivity index (χ1n) is 5.70. The van der Waals surface area contributed by atoms with Crippen LogP contribution in [-0.2, 0) is 16.6 Å². The Bertz CT molecular complexity index is 788. The number of hydrogen-bond acceptors (Lipinski definition) is 4. The zero-order valence-electron chi connectivity index (χ0n) is 10.8. The zero-order chi connectivity index (χ0) is 15.8. The van der Waals surface area contributed by atoms with Crippen LogP contribution in [0.4, 0.5) is 18.9 Å². The first-order valence-corrected chi connectivity index (χ1v) is 8.07. The number of nitrogens with one attached hydrogen (secondary N) is 1. The monoisotopic (exact) mass is 336 g/mol. The summed E-state index contributed by atoms with van der Waals surface area (Å²) < 4.78 is 65.9. The molecule has 4 nitrogen and oxygen atoms in total. The maximum atomic E-state index is 13.5. The van der Waals surface area contributed by atoms with E-state index in [1.54, 1.807) is 12.3 Å². The first-order chi connectivity index (χ1) is 9.76. The third kappa shape index (κ3) is 3.04. The number of hydrogen-bond donors (Lipinski definition) is 2. The van der Waals surface area contributed by atoms with E-state index in [4.69, 9.17) is 5.73 Å². The van der Waals surface area contributed by atoms with Gasteiger partial charge in [-0.2, -0.15) is 0 Å². The Labute approximate surface area is 123 Å². The lowest BCUT2D eigenvalue weighted by atomic mass is 10.3. The Morgan fingerprint density at radius 2 is 1.81 bits per heavy atom. The highest BCUT2D eigenvalue weighted by Gasteiger charge is 2.24. The molecule has 3 N–H and O–H groups in total. The van der Waals surface area contributed by atoms with Crippen molar-refractivity contribution in [3.05, 3.63) is 45.4 Å². The Morgan fingerprint density at radius 3 is 2.43 bits per heavy atom. The fourth-order valence-corrected chi connectivity index (χ4v) is 4.55. The van der Waals surface area contributed by atoms with Gasteiger partial charge in [-0.15, -0.1) is 11.3 Å². The molecule has 0 unspecified atom stereocenters. The van der Waals surface area contributed by atoms with Crippen molar-refractivity contribution >= 4 is 27.0 Å². The number of benzene rings is 1. The summed E-state index contributed by atoms with van der Waals surface area (Å²) in [5.74, 6) is -3.96. The SMILES string of the molecule is Cc1csc(CN)c1S(=O)(=O)Nc1cc(F)c(F)cc1F. The van der Waals surface area contributed by atoms with Crippen LogP contribution < -0.4 is 10.5 Å². The molecule has 0 saturated carbocycles. The van der Waals surface area contributed by atoms with Crippen LogP contribution in [-0.4, -0.2) is 8.42 Å². The number of aryl methyl sites for hydroxylation is 1. The maximum absolute atomic E-state index is 13.5. The highest BCUT2D eigenvalue weighted by atomic mass is 32.2. The fourth-order valence-electron chi connectivity index (χ4n) is 1.79. The largest absolute Gasteiger partial charge is 0.326 e. The van der Waals surface area contributed by atoms with Crippen LogP contribution in [0.1, 0.15) is 10.4 Å². The second kappa shape index (κ2) is 5.66. The predicted octanol–water partition coefficient (Wildman–Crippen LogP) is 2.73. The molecule has 1 aromatic heterocycles. The van der Waals surface area contributed by atoms with Gasteiger partial charge in [0, 0.05) is 23.6 Å². The van der Waals surface area contributed by atoms with Gasteiger partial charge < -0.3 is 5.73 Å². The molecule has 0 atom stereocenters. The lowest BCUT2D eigenvalue weighted by molar-refractivity contribution is 0.496. The summed E-state index contributed by atoms with van der Waals surface area (Å²) in [5.41, 5.74) is 5.24. The fraction of sp³-hybridized carbons (Fsp3) is 0.167. The second-order valence-corrected chi connectivity index (χ2v) is 6.81. The number of nitrogens with two attached hydrogens (primary N) is 1. The average Bonchev–Trinajstić information content (AvgIpc) is 2.77. The summed E-state index contributed by atoms with van der Waals surface area (Å²) in [7, 11) is -4.14. The summed E-state index contributed by atoms with van der Waals surface area (Å²) in [4.78, 5) is 0.321. The Morgan fingerprint density at radius 1 is 1.19 bits per heavy atom. The van der Waals surface area contributed by atoms with Gasteiger partial charge >= 0.3 is 0 Å². The van der Waals surface area contributed by atoms with E-state index < -0.39 is 33.2 Å². The van der Waals surface area contributed by atoms with Crippen LogP contribution >= 0.6 is 11.3 Å². The molecule has 0 amide bonds. The zero-order valence-corrected chi connectivity index (χ0v) is 12.4. The van der Waals surface area contributed by atoms with Gasteiger partial charge in [-0.3, -0.25) is 4.72 Å². The van der Waals surface area contributed by atoms with Crippen molar-refractivity contribution < 1.29 is 21.6 Å². The Balaban J connectivity index is 2.47. The highest BCUT2D eigenvalue weighted by Crippen LogP contribution is 2.29. The standard InChI is InChI=1S/C12H11F3N2O2S2/c1-6-5-20-11(4-16)12(6)21(18,19)17-10-3-8(14)7(13)2-9(10)15/h2-3,5,17H,4,16H2,1H3. The molecule has 114 valence electrons. The van der Waals surface area contributed by atoms with Crippen molar-refractivity contribution in [1.29, 1.82) is 0 Å². The van der Waals surface area contributed by atoms with Gasteiger partial charge in [0.1, 0.15) is 10.7 Å². The van der Waals surface area contributed by atoms with E-state index in [9.17, 15) is 21.6 Å². The molecule has 0 saturated heterocycles. The molecule has 0 aliphatic rings. The van der Waals surface area contributed by atoms with Gasteiger partial charge in [-0.05, 0) is 17.9 Å². The normalized spacial score (nSPS) is 11.7. The minimum atomic E-state index is -4.14.